The lowest BCUT2D eigenvalue weighted by molar-refractivity contribution is -0.137. The van der Waals surface area contributed by atoms with Gasteiger partial charge in [-0.25, -0.2) is 9.67 Å². The van der Waals surface area contributed by atoms with Crippen molar-refractivity contribution in [3.05, 3.63) is 6.33 Å². The van der Waals surface area contributed by atoms with Gasteiger partial charge in [0.2, 0.25) is 11.9 Å². The van der Waals surface area contributed by atoms with E-state index in [1.54, 1.807) is 14.1 Å². The van der Waals surface area contributed by atoms with Crippen LogP contribution in [0.4, 0.5) is 5.95 Å². The van der Waals surface area contributed by atoms with E-state index in [4.69, 9.17) is 0 Å². The van der Waals surface area contributed by atoms with Crippen LogP contribution in [0.1, 0.15) is 46.5 Å². The van der Waals surface area contributed by atoms with Crippen LogP contribution in [0.5, 0.6) is 0 Å². The Morgan fingerprint density at radius 1 is 1.19 bits per heavy atom. The number of amides is 3. The van der Waals surface area contributed by atoms with Gasteiger partial charge in [-0.3, -0.25) is 19.7 Å². The molecule has 1 saturated carbocycles. The van der Waals surface area contributed by atoms with Crippen LogP contribution in [0.3, 0.4) is 0 Å². The van der Waals surface area contributed by atoms with Gasteiger partial charge in [0, 0.05) is 20.1 Å². The number of carbonyl (C=O) groups excluding carboxylic acids is 3. The highest BCUT2D eigenvalue weighted by Crippen LogP contribution is 2.37. The SMILES string of the molecule is CN(C)C(=O)Cn1cnc(NC(=O)C(=O)N[C@H]2CCCC[C@@H]2C(C)(C)C)n1. The topological polar surface area (TPSA) is 109 Å². The first-order chi connectivity index (χ1) is 12.6. The minimum absolute atomic E-state index is 0.00211. The molecule has 2 rings (SSSR count). The summed E-state index contributed by atoms with van der Waals surface area (Å²) < 4.78 is 1.31. The van der Waals surface area contributed by atoms with Gasteiger partial charge in [0.1, 0.15) is 12.9 Å². The predicted molar refractivity (Wildman–Crippen MR) is 101 cm³/mol. The molecular formula is C18H30N6O3. The van der Waals surface area contributed by atoms with E-state index in [-0.39, 0.29) is 29.9 Å². The quantitative estimate of drug-likeness (QED) is 0.761. The van der Waals surface area contributed by atoms with E-state index in [0.717, 1.165) is 25.7 Å². The average Bonchev–Trinajstić information content (AvgIpc) is 3.01. The van der Waals surface area contributed by atoms with E-state index in [1.807, 2.05) is 0 Å². The smallest absolute Gasteiger partial charge is 0.316 e. The van der Waals surface area contributed by atoms with Crippen LogP contribution in [0.2, 0.25) is 0 Å². The third kappa shape index (κ3) is 5.77. The first-order valence-corrected chi connectivity index (χ1v) is 9.29. The molecule has 27 heavy (non-hydrogen) atoms. The molecule has 0 bridgehead atoms. The van der Waals surface area contributed by atoms with Gasteiger partial charge in [-0.1, -0.05) is 33.6 Å². The zero-order valence-electron chi connectivity index (χ0n) is 16.8. The lowest BCUT2D eigenvalue weighted by atomic mass is 9.69. The van der Waals surface area contributed by atoms with Gasteiger partial charge >= 0.3 is 11.8 Å². The van der Waals surface area contributed by atoms with Crippen molar-refractivity contribution in [1.29, 1.82) is 0 Å². The zero-order chi connectivity index (χ0) is 20.2. The molecule has 1 heterocycles. The lowest BCUT2D eigenvalue weighted by Crippen LogP contribution is -2.49. The molecule has 2 N–H and O–H groups in total. The maximum Gasteiger partial charge on any atom is 0.316 e. The molecule has 1 fully saturated rings. The monoisotopic (exact) mass is 378 g/mol. The Labute approximate surface area is 159 Å². The Hall–Kier alpha value is -2.45. The summed E-state index contributed by atoms with van der Waals surface area (Å²) in [6.45, 7) is 6.49. The van der Waals surface area contributed by atoms with Crippen LogP contribution in [-0.4, -0.2) is 57.5 Å². The molecule has 9 heteroatoms. The predicted octanol–water partition coefficient (Wildman–Crippen LogP) is 1.03. The Kier molecular flexibility index (Phi) is 6.56. The van der Waals surface area contributed by atoms with Crippen molar-refractivity contribution in [1.82, 2.24) is 25.0 Å². The number of hydrogen-bond acceptors (Lipinski definition) is 5. The molecule has 1 aliphatic carbocycles. The third-order valence-electron chi connectivity index (χ3n) is 4.96. The van der Waals surface area contributed by atoms with Crippen LogP contribution < -0.4 is 10.6 Å². The van der Waals surface area contributed by atoms with Crippen LogP contribution >= 0.6 is 0 Å². The van der Waals surface area contributed by atoms with Gasteiger partial charge in [0.25, 0.3) is 0 Å². The summed E-state index contributed by atoms with van der Waals surface area (Å²) in [5, 5.41) is 9.27. The number of carbonyl (C=O) groups is 3. The maximum absolute atomic E-state index is 12.3. The number of nitrogens with one attached hydrogen (secondary N) is 2. The molecule has 0 aromatic carbocycles. The summed E-state index contributed by atoms with van der Waals surface area (Å²) in [5.74, 6) is -1.31. The molecule has 0 radical (unpaired) electrons. The summed E-state index contributed by atoms with van der Waals surface area (Å²) in [4.78, 5) is 41.5. The maximum atomic E-state index is 12.3. The first kappa shape index (κ1) is 20.9. The van der Waals surface area contributed by atoms with Gasteiger partial charge in [-0.15, -0.1) is 5.10 Å². The molecule has 0 aliphatic heterocycles. The molecule has 1 aromatic heterocycles. The first-order valence-electron chi connectivity index (χ1n) is 9.29. The van der Waals surface area contributed by atoms with E-state index >= 15 is 0 Å². The summed E-state index contributed by atoms with van der Waals surface area (Å²) >= 11 is 0. The number of likely N-dealkylation sites (N-methyl/N-ethyl adjacent to an activating group) is 1. The van der Waals surface area contributed by atoms with Crippen molar-refractivity contribution in [3.63, 3.8) is 0 Å². The molecule has 1 aliphatic rings. The normalized spacial score (nSPS) is 20.0. The number of nitrogens with zero attached hydrogens (tertiary/aromatic N) is 4. The van der Waals surface area contributed by atoms with Crippen LogP contribution in [-0.2, 0) is 20.9 Å². The van der Waals surface area contributed by atoms with E-state index in [2.05, 4.69) is 41.5 Å². The Balaban J connectivity index is 1.93. The van der Waals surface area contributed by atoms with Crippen molar-refractivity contribution in [2.75, 3.05) is 19.4 Å². The van der Waals surface area contributed by atoms with E-state index < -0.39 is 11.8 Å². The van der Waals surface area contributed by atoms with Crippen LogP contribution in [0.15, 0.2) is 6.33 Å². The van der Waals surface area contributed by atoms with Crippen molar-refractivity contribution in [3.8, 4) is 0 Å². The second-order valence-electron chi connectivity index (χ2n) is 8.34. The molecule has 0 saturated heterocycles. The van der Waals surface area contributed by atoms with Crippen molar-refractivity contribution in [2.45, 2.75) is 59.0 Å². The standard InChI is InChI=1S/C18H30N6O3/c1-18(2,3)12-8-6-7-9-13(12)20-15(26)16(27)21-17-19-11-24(22-17)10-14(25)23(4)5/h11-13H,6-10H2,1-5H3,(H,20,26)(H,21,22,27)/t12-,13-/m0/s1. The highest BCUT2D eigenvalue weighted by Gasteiger charge is 2.35. The molecular weight excluding hydrogens is 348 g/mol. The number of rotatable bonds is 4. The molecule has 9 nitrogen and oxygen atoms in total. The number of anilines is 1. The summed E-state index contributed by atoms with van der Waals surface area (Å²) in [6.07, 6.45) is 5.45. The van der Waals surface area contributed by atoms with Gasteiger partial charge < -0.3 is 10.2 Å². The highest BCUT2D eigenvalue weighted by molar-refractivity contribution is 6.39. The fraction of sp³-hybridized carbons (Fsp3) is 0.722. The van der Waals surface area contributed by atoms with Crippen LogP contribution in [0, 0.1) is 11.3 Å². The average molecular weight is 378 g/mol. The van der Waals surface area contributed by atoms with Gasteiger partial charge in [0.05, 0.1) is 0 Å². The molecule has 0 spiro atoms. The van der Waals surface area contributed by atoms with Gasteiger partial charge in [-0.05, 0) is 24.2 Å². The molecule has 2 atom stereocenters. The fourth-order valence-electron chi connectivity index (χ4n) is 3.44. The van der Waals surface area contributed by atoms with Gasteiger partial charge in [-0.2, -0.15) is 0 Å². The Bertz CT molecular complexity index is 692. The lowest BCUT2D eigenvalue weighted by Gasteiger charge is -2.40. The van der Waals surface area contributed by atoms with Crippen molar-refractivity contribution >= 4 is 23.7 Å². The summed E-state index contributed by atoms with van der Waals surface area (Å²) in [5.41, 5.74) is 0.0636. The third-order valence-corrected chi connectivity index (χ3v) is 4.96. The second kappa shape index (κ2) is 8.49. The van der Waals surface area contributed by atoms with E-state index in [0.29, 0.717) is 5.92 Å². The van der Waals surface area contributed by atoms with E-state index in [9.17, 15) is 14.4 Å². The number of hydrogen-bond donors (Lipinski definition) is 2. The summed E-state index contributed by atoms with van der Waals surface area (Å²) in [6, 6.07) is -0.0137. The molecule has 150 valence electrons. The summed E-state index contributed by atoms with van der Waals surface area (Å²) in [7, 11) is 3.28. The minimum atomic E-state index is -0.801. The van der Waals surface area contributed by atoms with Crippen molar-refractivity contribution in [2.24, 2.45) is 11.3 Å². The number of aromatic nitrogens is 3. The largest absolute Gasteiger partial charge is 0.347 e. The minimum Gasteiger partial charge on any atom is -0.347 e. The molecule has 3 amide bonds. The highest BCUT2D eigenvalue weighted by atomic mass is 16.2. The van der Waals surface area contributed by atoms with Crippen LogP contribution in [0.25, 0.3) is 0 Å². The Morgan fingerprint density at radius 2 is 1.85 bits per heavy atom. The zero-order valence-corrected chi connectivity index (χ0v) is 16.8. The Morgan fingerprint density at radius 3 is 2.48 bits per heavy atom. The second-order valence-corrected chi connectivity index (χ2v) is 8.34. The van der Waals surface area contributed by atoms with Crippen molar-refractivity contribution < 1.29 is 14.4 Å². The molecule has 1 aromatic rings. The van der Waals surface area contributed by atoms with E-state index in [1.165, 1.54) is 15.9 Å². The molecule has 0 unspecified atom stereocenters. The van der Waals surface area contributed by atoms with Gasteiger partial charge in [0.15, 0.2) is 0 Å². The fourth-order valence-corrected chi connectivity index (χ4v) is 3.44.